The van der Waals surface area contributed by atoms with Gasteiger partial charge in [-0.25, -0.2) is 4.39 Å². The Bertz CT molecular complexity index is 2100. The van der Waals surface area contributed by atoms with Crippen LogP contribution in [0.5, 0.6) is 5.75 Å². The van der Waals surface area contributed by atoms with Gasteiger partial charge in [0, 0.05) is 63.7 Å². The summed E-state index contributed by atoms with van der Waals surface area (Å²) in [6, 6.07) is 33.5. The molecule has 0 bridgehead atoms. The number of imide groups is 1. The first-order valence-electron chi connectivity index (χ1n) is 21.5. The van der Waals surface area contributed by atoms with Gasteiger partial charge in [0.1, 0.15) is 18.2 Å². The Balaban J connectivity index is 0.810. The lowest BCUT2D eigenvalue weighted by atomic mass is 9.88. The van der Waals surface area contributed by atoms with Gasteiger partial charge < -0.3 is 9.64 Å². The second-order valence-electron chi connectivity index (χ2n) is 16.9. The average molecular weight is 818 g/mol. The van der Waals surface area contributed by atoms with Crippen LogP contribution in [0.15, 0.2) is 97.1 Å². The van der Waals surface area contributed by atoms with Crippen molar-refractivity contribution in [3.63, 3.8) is 0 Å². The van der Waals surface area contributed by atoms with Crippen LogP contribution in [0.2, 0.25) is 0 Å². The van der Waals surface area contributed by atoms with Gasteiger partial charge in [-0.1, -0.05) is 72.8 Å². The molecule has 0 radical (unpaired) electrons. The number of likely N-dealkylation sites (tertiary alicyclic amines) is 1. The van der Waals surface area contributed by atoms with E-state index in [0.717, 1.165) is 81.0 Å². The van der Waals surface area contributed by atoms with E-state index < -0.39 is 0 Å². The number of benzene rings is 4. The van der Waals surface area contributed by atoms with Crippen molar-refractivity contribution in [1.82, 2.24) is 20.0 Å². The van der Waals surface area contributed by atoms with Gasteiger partial charge >= 0.3 is 0 Å². The molecule has 3 atom stereocenters. The van der Waals surface area contributed by atoms with E-state index in [-0.39, 0.29) is 23.7 Å². The van der Waals surface area contributed by atoms with Crippen molar-refractivity contribution in [2.45, 2.75) is 77.2 Å². The topological polar surface area (TPSA) is 68.4 Å². The van der Waals surface area contributed by atoms with E-state index in [2.05, 4.69) is 118 Å². The second-order valence-corrected chi connectivity index (χ2v) is 17.3. The van der Waals surface area contributed by atoms with Gasteiger partial charge in [0.25, 0.3) is 0 Å². The number of allylic oxidation sites excluding steroid dienone is 1. The highest BCUT2D eigenvalue weighted by atomic mass is 35.5. The number of amides is 2. The van der Waals surface area contributed by atoms with Crippen LogP contribution in [0.1, 0.15) is 73.8 Å². The van der Waals surface area contributed by atoms with Gasteiger partial charge in [0.15, 0.2) is 0 Å². The van der Waals surface area contributed by atoms with Crippen LogP contribution in [0, 0.1) is 11.7 Å². The van der Waals surface area contributed by atoms with Gasteiger partial charge in [0.2, 0.25) is 11.8 Å². The molecule has 8 nitrogen and oxygen atoms in total. The van der Waals surface area contributed by atoms with E-state index >= 15 is 4.39 Å². The monoisotopic (exact) mass is 817 g/mol. The molecule has 3 fully saturated rings. The summed E-state index contributed by atoms with van der Waals surface area (Å²) in [6.45, 7) is 12.0. The molecule has 3 saturated heterocycles. The highest BCUT2D eigenvalue weighted by Crippen LogP contribution is 2.37. The molecule has 4 aliphatic heterocycles. The molecule has 2 amide bonds. The molecule has 10 heteroatoms. The fourth-order valence-electron chi connectivity index (χ4n) is 9.81. The minimum Gasteiger partial charge on any atom is -0.492 e. The first kappa shape index (κ1) is 41.2. The third-order valence-corrected chi connectivity index (χ3v) is 13.1. The maximum Gasteiger partial charge on any atom is 0.243 e. The average Bonchev–Trinajstić information content (AvgIpc) is 3.65. The van der Waals surface area contributed by atoms with Crippen LogP contribution in [0.25, 0.3) is 11.1 Å². The molecule has 4 aromatic carbocycles. The van der Waals surface area contributed by atoms with Gasteiger partial charge in [-0.05, 0) is 122 Å². The molecule has 0 spiro atoms. The van der Waals surface area contributed by atoms with E-state index in [0.29, 0.717) is 62.1 Å². The molecule has 3 unspecified atom stereocenters. The molecule has 59 heavy (non-hydrogen) atoms. The summed E-state index contributed by atoms with van der Waals surface area (Å²) in [6.07, 6.45) is 3.95. The number of carbonyl (C=O) groups is 2. The Morgan fingerprint density at radius 1 is 0.814 bits per heavy atom. The fourth-order valence-corrected chi connectivity index (χ4v) is 10.00. The number of hydrogen-bond donors (Lipinski definition) is 1. The van der Waals surface area contributed by atoms with E-state index in [1.54, 1.807) is 6.07 Å². The third kappa shape index (κ3) is 9.60. The number of rotatable bonds is 13. The van der Waals surface area contributed by atoms with Gasteiger partial charge in [-0.3, -0.25) is 29.6 Å². The van der Waals surface area contributed by atoms with Crippen molar-refractivity contribution in [3.8, 4) is 5.75 Å². The minimum atomic E-state index is -0.349. The predicted molar refractivity (Wildman–Crippen MR) is 235 cm³/mol. The van der Waals surface area contributed by atoms with Crippen molar-refractivity contribution in [3.05, 3.63) is 131 Å². The van der Waals surface area contributed by atoms with E-state index in [4.69, 9.17) is 16.3 Å². The summed E-state index contributed by atoms with van der Waals surface area (Å²) < 4.78 is 22.0. The smallest absolute Gasteiger partial charge is 0.243 e. The van der Waals surface area contributed by atoms with Crippen LogP contribution < -0.4 is 15.0 Å². The summed E-state index contributed by atoms with van der Waals surface area (Å²) in [5, 5.41) is 2.46. The Labute approximate surface area is 354 Å². The van der Waals surface area contributed by atoms with Crippen molar-refractivity contribution < 1.29 is 18.7 Å². The lowest BCUT2D eigenvalue weighted by Crippen LogP contribution is -2.58. The highest BCUT2D eigenvalue weighted by Gasteiger charge is 2.37. The number of nitrogens with zero attached hydrogens (tertiary/aromatic N) is 4. The van der Waals surface area contributed by atoms with Gasteiger partial charge in [-0.15, -0.1) is 11.6 Å². The van der Waals surface area contributed by atoms with Crippen molar-refractivity contribution in [2.75, 3.05) is 56.7 Å². The molecule has 1 N–H and O–H groups in total. The molecule has 0 aliphatic carbocycles. The first-order valence-corrected chi connectivity index (χ1v) is 22.0. The highest BCUT2D eigenvalue weighted by molar-refractivity contribution is 6.18. The number of halogens is 2. The molecular weight excluding hydrogens is 761 g/mol. The number of alkyl halides is 1. The third-order valence-electron chi connectivity index (χ3n) is 12.9. The summed E-state index contributed by atoms with van der Waals surface area (Å²) >= 11 is 6.35. The number of piperidine rings is 2. The number of piperazine rings is 1. The van der Waals surface area contributed by atoms with E-state index in [1.807, 2.05) is 12.1 Å². The van der Waals surface area contributed by atoms with Crippen molar-refractivity contribution >= 4 is 40.2 Å². The zero-order chi connectivity index (χ0) is 40.9. The van der Waals surface area contributed by atoms with E-state index in [1.165, 1.54) is 22.3 Å². The Morgan fingerprint density at radius 2 is 1.44 bits per heavy atom. The maximum atomic E-state index is 15.7. The molecule has 310 valence electrons. The summed E-state index contributed by atoms with van der Waals surface area (Å²) in [5.74, 6) is 1.41. The Kier molecular flexibility index (Phi) is 13.1. The van der Waals surface area contributed by atoms with Crippen LogP contribution >= 0.6 is 11.6 Å². The summed E-state index contributed by atoms with van der Waals surface area (Å²) in [7, 11) is 0. The molecule has 4 aromatic rings. The Hall–Kier alpha value is -4.54. The zero-order valence-electron chi connectivity index (χ0n) is 34.4. The number of ether oxygens (including phenoxy) is 1. The van der Waals surface area contributed by atoms with E-state index in [9.17, 15) is 9.59 Å². The number of carbonyl (C=O) groups excluding carboxylic acids is 2. The van der Waals surface area contributed by atoms with Gasteiger partial charge in [-0.2, -0.15) is 0 Å². The summed E-state index contributed by atoms with van der Waals surface area (Å²) in [4.78, 5) is 33.7. The SMILES string of the molecule is CC1CN(c2cc3c(cc2F)CN(C2CCC(=O)NC2=O)C3)CC(C)N1CC1CCN(CCOc2ccc(C(=C(CCCl)c3ccccc3)c3ccccc3)cc2)CC1. The van der Waals surface area contributed by atoms with Crippen molar-refractivity contribution in [2.24, 2.45) is 5.92 Å². The minimum absolute atomic E-state index is 0.194. The molecule has 4 aliphatic rings. The molecule has 0 aromatic heterocycles. The van der Waals surface area contributed by atoms with Gasteiger partial charge in [0.05, 0.1) is 11.7 Å². The maximum absolute atomic E-state index is 15.7. The van der Waals surface area contributed by atoms with Crippen molar-refractivity contribution in [1.29, 1.82) is 0 Å². The van der Waals surface area contributed by atoms with Crippen LogP contribution in [0.4, 0.5) is 10.1 Å². The second kappa shape index (κ2) is 18.8. The van der Waals surface area contributed by atoms with Crippen LogP contribution in [-0.4, -0.2) is 96.4 Å². The Morgan fingerprint density at radius 3 is 2.08 bits per heavy atom. The van der Waals surface area contributed by atoms with Crippen LogP contribution in [0.3, 0.4) is 0 Å². The first-order chi connectivity index (χ1) is 28.7. The van der Waals surface area contributed by atoms with Crippen LogP contribution in [-0.2, 0) is 22.7 Å². The molecule has 8 rings (SSSR count). The molecule has 4 heterocycles. The lowest BCUT2D eigenvalue weighted by molar-refractivity contribution is -0.137. The zero-order valence-corrected chi connectivity index (χ0v) is 35.2. The number of anilines is 1. The predicted octanol–water partition coefficient (Wildman–Crippen LogP) is 8.22. The molecule has 0 saturated carbocycles. The standard InChI is InChI=1S/C49H57ClFN5O3/c1-34-29-54(46-28-41-33-55(32-40(41)27-44(46)51)45-17-18-47(57)52-49(45)58)30-35(2)56(34)31-36-20-23-53(24-21-36)25-26-59-42-15-13-39(14-16-42)48(38-11-7-4-8-12-38)43(19-22-50)37-9-5-3-6-10-37/h3-16,27-28,34-36,45H,17-26,29-33H2,1-2H3,(H,52,57,58). The number of fused-ring (bicyclic) bond motifs is 1. The number of hydrogen-bond acceptors (Lipinski definition) is 7. The lowest BCUT2D eigenvalue weighted by Gasteiger charge is -2.47. The number of nitrogens with one attached hydrogen (secondary N) is 1. The normalized spacial score (nSPS) is 22.6. The quantitative estimate of drug-likeness (QED) is 0.0829. The fraction of sp³-hybridized carbons (Fsp3) is 0.429. The largest absolute Gasteiger partial charge is 0.492 e. The summed E-state index contributed by atoms with van der Waals surface area (Å²) in [5.41, 5.74) is 8.62. The molecular formula is C49H57ClFN5O3.